The van der Waals surface area contributed by atoms with E-state index in [1.807, 2.05) is 24.3 Å². The number of benzene rings is 1. The minimum absolute atomic E-state index is 0.0908. The maximum atomic E-state index is 12.4. The molecule has 0 aliphatic heterocycles. The summed E-state index contributed by atoms with van der Waals surface area (Å²) in [6, 6.07) is 9.23. The number of nitrogens with one attached hydrogen (secondary N) is 1. The lowest BCUT2D eigenvalue weighted by Crippen LogP contribution is -2.23. The van der Waals surface area contributed by atoms with Gasteiger partial charge in [-0.15, -0.1) is 0 Å². The Kier molecular flexibility index (Phi) is 3.53. The van der Waals surface area contributed by atoms with E-state index in [0.717, 1.165) is 10.9 Å². The van der Waals surface area contributed by atoms with Crippen molar-refractivity contribution >= 4 is 16.8 Å². The van der Waals surface area contributed by atoms with E-state index in [-0.39, 0.29) is 18.3 Å². The molecule has 4 aromatic rings. The number of carbonyl (C=O) groups excluding carboxylic acids is 1. The number of fused-ring (bicyclic) bond motifs is 1. The SMILES string of the molecule is Cc1cc(-c2noc(CNC(=O)c3nn(C)c4ccccc34)n2)no1. The van der Waals surface area contributed by atoms with Crippen LogP contribution in [0.25, 0.3) is 22.4 Å². The predicted molar refractivity (Wildman–Crippen MR) is 86.4 cm³/mol. The number of aromatic nitrogens is 5. The lowest BCUT2D eigenvalue weighted by atomic mass is 10.2. The highest BCUT2D eigenvalue weighted by Gasteiger charge is 2.17. The Hall–Kier alpha value is -3.49. The molecule has 0 saturated carbocycles. The van der Waals surface area contributed by atoms with Crippen LogP contribution >= 0.6 is 0 Å². The second kappa shape index (κ2) is 5.86. The van der Waals surface area contributed by atoms with E-state index in [4.69, 9.17) is 9.05 Å². The molecule has 0 aliphatic carbocycles. The van der Waals surface area contributed by atoms with Crippen LogP contribution in [0.1, 0.15) is 22.1 Å². The Morgan fingerprint density at radius 3 is 2.88 bits per heavy atom. The summed E-state index contributed by atoms with van der Waals surface area (Å²) in [4.78, 5) is 16.6. The summed E-state index contributed by atoms with van der Waals surface area (Å²) >= 11 is 0. The minimum atomic E-state index is -0.311. The largest absolute Gasteiger partial charge is 0.361 e. The lowest BCUT2D eigenvalue weighted by molar-refractivity contribution is 0.0942. The molecule has 9 heteroatoms. The van der Waals surface area contributed by atoms with Gasteiger partial charge in [-0.05, 0) is 13.0 Å². The average molecular weight is 338 g/mol. The fourth-order valence-electron chi connectivity index (χ4n) is 2.52. The first-order valence-corrected chi connectivity index (χ1v) is 7.58. The predicted octanol–water partition coefficient (Wildman–Crippen LogP) is 1.85. The summed E-state index contributed by atoms with van der Waals surface area (Å²) in [5, 5.41) is 15.4. The molecule has 1 amide bonds. The van der Waals surface area contributed by atoms with Gasteiger partial charge >= 0.3 is 0 Å². The normalized spacial score (nSPS) is 11.1. The maximum absolute atomic E-state index is 12.4. The fourth-order valence-corrected chi connectivity index (χ4v) is 2.52. The quantitative estimate of drug-likeness (QED) is 0.604. The fraction of sp³-hybridized carbons (Fsp3) is 0.188. The zero-order chi connectivity index (χ0) is 17.4. The van der Waals surface area contributed by atoms with Crippen molar-refractivity contribution in [2.24, 2.45) is 7.05 Å². The Bertz CT molecular complexity index is 1060. The summed E-state index contributed by atoms with van der Waals surface area (Å²) < 4.78 is 11.8. The summed E-state index contributed by atoms with van der Waals surface area (Å²) in [6.45, 7) is 1.86. The third-order valence-electron chi connectivity index (χ3n) is 3.70. The second-order valence-electron chi connectivity index (χ2n) is 5.51. The van der Waals surface area contributed by atoms with Crippen molar-refractivity contribution in [3.63, 3.8) is 0 Å². The average Bonchev–Trinajstić information content (AvgIpc) is 3.32. The zero-order valence-electron chi connectivity index (χ0n) is 13.6. The number of hydrogen-bond acceptors (Lipinski definition) is 7. The molecule has 3 heterocycles. The number of nitrogens with zero attached hydrogens (tertiary/aromatic N) is 5. The highest BCUT2D eigenvalue weighted by Crippen LogP contribution is 2.18. The van der Waals surface area contributed by atoms with Crippen LogP contribution in [-0.2, 0) is 13.6 Å². The lowest BCUT2D eigenvalue weighted by Gasteiger charge is -1.99. The number of hydrogen-bond donors (Lipinski definition) is 1. The molecule has 126 valence electrons. The molecule has 4 rings (SSSR count). The highest BCUT2D eigenvalue weighted by atomic mass is 16.5. The van der Waals surface area contributed by atoms with Crippen LogP contribution in [0, 0.1) is 6.92 Å². The maximum Gasteiger partial charge on any atom is 0.272 e. The van der Waals surface area contributed by atoms with Crippen LogP contribution in [0.2, 0.25) is 0 Å². The van der Waals surface area contributed by atoms with E-state index in [2.05, 4.69) is 25.7 Å². The van der Waals surface area contributed by atoms with Crippen LogP contribution in [0.5, 0.6) is 0 Å². The molecule has 3 aromatic heterocycles. The number of para-hydroxylation sites is 1. The van der Waals surface area contributed by atoms with Gasteiger partial charge in [-0.2, -0.15) is 10.1 Å². The van der Waals surface area contributed by atoms with Crippen LogP contribution in [0.4, 0.5) is 0 Å². The van der Waals surface area contributed by atoms with Gasteiger partial charge < -0.3 is 14.4 Å². The standard InChI is InChI=1S/C16H14N6O3/c1-9-7-11(20-24-9)15-18-13(25-21-15)8-17-16(23)14-10-5-3-4-6-12(10)22(2)19-14/h3-7H,8H2,1-2H3,(H,17,23). The summed E-state index contributed by atoms with van der Waals surface area (Å²) in [5.74, 6) is 0.916. The van der Waals surface area contributed by atoms with Gasteiger partial charge in [-0.3, -0.25) is 9.48 Å². The van der Waals surface area contributed by atoms with Crippen molar-refractivity contribution in [2.75, 3.05) is 0 Å². The van der Waals surface area contributed by atoms with E-state index in [9.17, 15) is 4.79 Å². The number of amides is 1. The van der Waals surface area contributed by atoms with Crippen molar-refractivity contribution in [3.05, 3.63) is 47.7 Å². The molecule has 9 nitrogen and oxygen atoms in total. The molecular formula is C16H14N6O3. The molecule has 1 N–H and O–H groups in total. The topological polar surface area (TPSA) is 112 Å². The van der Waals surface area contributed by atoms with Gasteiger partial charge in [0.25, 0.3) is 5.91 Å². The molecule has 1 aromatic carbocycles. The van der Waals surface area contributed by atoms with Gasteiger partial charge in [0.1, 0.15) is 5.76 Å². The molecule has 0 bridgehead atoms. The number of carbonyl (C=O) groups is 1. The third kappa shape index (κ3) is 2.75. The molecule has 0 spiro atoms. The van der Waals surface area contributed by atoms with Gasteiger partial charge in [0, 0.05) is 18.5 Å². The first kappa shape index (κ1) is 15.1. The van der Waals surface area contributed by atoms with Crippen LogP contribution in [0.15, 0.2) is 39.4 Å². The van der Waals surface area contributed by atoms with Crippen molar-refractivity contribution in [3.8, 4) is 11.5 Å². The summed E-state index contributed by atoms with van der Waals surface area (Å²) in [5.41, 5.74) is 1.72. The van der Waals surface area contributed by atoms with E-state index >= 15 is 0 Å². The Morgan fingerprint density at radius 1 is 1.24 bits per heavy atom. The highest BCUT2D eigenvalue weighted by molar-refractivity contribution is 6.04. The number of rotatable bonds is 4. The van der Waals surface area contributed by atoms with Gasteiger partial charge in [0.2, 0.25) is 11.7 Å². The Morgan fingerprint density at radius 2 is 2.08 bits per heavy atom. The molecule has 25 heavy (non-hydrogen) atoms. The molecule has 0 saturated heterocycles. The number of aryl methyl sites for hydroxylation is 2. The molecule has 0 atom stereocenters. The van der Waals surface area contributed by atoms with E-state index in [1.165, 1.54) is 0 Å². The monoisotopic (exact) mass is 338 g/mol. The zero-order valence-corrected chi connectivity index (χ0v) is 13.6. The van der Waals surface area contributed by atoms with E-state index in [0.29, 0.717) is 23.0 Å². The van der Waals surface area contributed by atoms with Crippen molar-refractivity contribution in [1.29, 1.82) is 0 Å². The molecule has 0 unspecified atom stereocenters. The Labute approximate surface area is 141 Å². The first-order chi connectivity index (χ1) is 12.1. The van der Waals surface area contributed by atoms with Crippen LogP contribution < -0.4 is 5.32 Å². The van der Waals surface area contributed by atoms with E-state index < -0.39 is 0 Å². The van der Waals surface area contributed by atoms with Gasteiger partial charge in [-0.1, -0.05) is 28.5 Å². The third-order valence-corrected chi connectivity index (χ3v) is 3.70. The molecule has 0 radical (unpaired) electrons. The molecular weight excluding hydrogens is 324 g/mol. The second-order valence-corrected chi connectivity index (χ2v) is 5.51. The molecule has 0 aliphatic rings. The van der Waals surface area contributed by atoms with E-state index in [1.54, 1.807) is 24.7 Å². The Balaban J connectivity index is 1.49. The van der Waals surface area contributed by atoms with Crippen molar-refractivity contribution < 1.29 is 13.8 Å². The van der Waals surface area contributed by atoms with Gasteiger partial charge in [0.05, 0.1) is 12.1 Å². The van der Waals surface area contributed by atoms with Crippen LogP contribution in [-0.4, -0.2) is 31.0 Å². The molecule has 0 fully saturated rings. The van der Waals surface area contributed by atoms with Gasteiger partial charge in [-0.25, -0.2) is 0 Å². The van der Waals surface area contributed by atoms with Crippen LogP contribution in [0.3, 0.4) is 0 Å². The van der Waals surface area contributed by atoms with Crippen molar-refractivity contribution in [2.45, 2.75) is 13.5 Å². The van der Waals surface area contributed by atoms with Gasteiger partial charge in [0.15, 0.2) is 11.4 Å². The van der Waals surface area contributed by atoms with Crippen molar-refractivity contribution in [1.82, 2.24) is 30.4 Å². The minimum Gasteiger partial charge on any atom is -0.361 e. The summed E-state index contributed by atoms with van der Waals surface area (Å²) in [6.07, 6.45) is 0. The summed E-state index contributed by atoms with van der Waals surface area (Å²) in [7, 11) is 1.79. The first-order valence-electron chi connectivity index (χ1n) is 7.58. The smallest absolute Gasteiger partial charge is 0.272 e.